The first-order valence-electron chi connectivity index (χ1n) is 8.02. The highest BCUT2D eigenvalue weighted by molar-refractivity contribution is 7.71. The van der Waals surface area contributed by atoms with Crippen LogP contribution in [0.25, 0.3) is 0 Å². The second-order valence-corrected chi connectivity index (χ2v) is 6.48. The summed E-state index contributed by atoms with van der Waals surface area (Å²) in [7, 11) is 0. The fraction of sp³-hybridized carbons (Fsp3) is 0.333. The number of carbonyl (C=O) groups is 1. The Hall–Kier alpha value is -2.18. The molecule has 2 heterocycles. The van der Waals surface area contributed by atoms with E-state index in [0.29, 0.717) is 10.2 Å². The van der Waals surface area contributed by atoms with Gasteiger partial charge in [0.25, 0.3) is 5.91 Å². The van der Waals surface area contributed by atoms with E-state index in [2.05, 4.69) is 29.0 Å². The summed E-state index contributed by atoms with van der Waals surface area (Å²) in [6.07, 6.45) is 2.14. The van der Waals surface area contributed by atoms with Gasteiger partial charge in [0.15, 0.2) is 0 Å². The molecule has 0 unspecified atom stereocenters. The summed E-state index contributed by atoms with van der Waals surface area (Å²) in [6, 6.07) is 11.3. The number of hydrogen-bond acceptors (Lipinski definition) is 4. The van der Waals surface area contributed by atoms with Crippen LogP contribution in [-0.4, -0.2) is 36.2 Å². The third kappa shape index (κ3) is 3.83. The van der Waals surface area contributed by atoms with Crippen molar-refractivity contribution < 1.29 is 9.53 Å². The third-order valence-electron chi connectivity index (χ3n) is 3.97. The Morgan fingerprint density at radius 1 is 1.21 bits per heavy atom. The smallest absolute Gasteiger partial charge is 0.258 e. The van der Waals surface area contributed by atoms with Gasteiger partial charge < -0.3 is 19.9 Å². The lowest BCUT2D eigenvalue weighted by molar-refractivity contribution is -0.00521. The second kappa shape index (κ2) is 7.15. The fourth-order valence-corrected chi connectivity index (χ4v) is 3.17. The number of nitrogens with one attached hydrogen (secondary N) is 2. The Labute approximate surface area is 146 Å². The zero-order valence-electron chi connectivity index (χ0n) is 13.8. The van der Waals surface area contributed by atoms with Gasteiger partial charge in [0.2, 0.25) is 0 Å². The summed E-state index contributed by atoms with van der Waals surface area (Å²) in [5, 5.41) is 2.88. The monoisotopic (exact) mass is 343 g/mol. The summed E-state index contributed by atoms with van der Waals surface area (Å²) in [6.45, 7) is 5.91. The number of nitrogens with zero attached hydrogens (tertiary/aromatic N) is 1. The van der Waals surface area contributed by atoms with Crippen LogP contribution in [0.3, 0.4) is 0 Å². The van der Waals surface area contributed by atoms with E-state index in [1.807, 2.05) is 24.3 Å². The molecule has 24 heavy (non-hydrogen) atoms. The largest absolute Gasteiger partial charge is 0.372 e. The van der Waals surface area contributed by atoms with Gasteiger partial charge in [-0.3, -0.25) is 4.79 Å². The zero-order chi connectivity index (χ0) is 17.1. The molecule has 1 saturated heterocycles. The first kappa shape index (κ1) is 16.7. The lowest BCUT2D eigenvalue weighted by Gasteiger charge is -2.36. The van der Waals surface area contributed by atoms with Crippen LogP contribution in [-0.2, 0) is 4.74 Å². The molecule has 1 aliphatic heterocycles. The molecule has 0 spiro atoms. The molecule has 3 rings (SSSR count). The highest BCUT2D eigenvalue weighted by atomic mass is 32.1. The molecular formula is C18H21N3O2S. The minimum Gasteiger partial charge on any atom is -0.372 e. The molecular weight excluding hydrogens is 322 g/mol. The van der Waals surface area contributed by atoms with E-state index in [1.54, 1.807) is 18.3 Å². The molecule has 126 valence electrons. The minimum absolute atomic E-state index is 0.210. The van der Waals surface area contributed by atoms with Gasteiger partial charge in [-0.25, -0.2) is 0 Å². The molecule has 2 atom stereocenters. The van der Waals surface area contributed by atoms with Crippen molar-refractivity contribution in [3.05, 3.63) is 52.8 Å². The number of H-pyrrole nitrogens is 1. The number of ether oxygens (including phenoxy) is 1. The number of amides is 1. The Morgan fingerprint density at radius 3 is 2.50 bits per heavy atom. The molecule has 0 aliphatic carbocycles. The molecule has 0 bridgehead atoms. The van der Waals surface area contributed by atoms with E-state index in [9.17, 15) is 4.79 Å². The molecule has 1 fully saturated rings. The highest BCUT2D eigenvalue weighted by Gasteiger charge is 2.22. The number of anilines is 2. The number of aromatic amines is 1. The van der Waals surface area contributed by atoms with Gasteiger partial charge in [-0.1, -0.05) is 12.2 Å². The number of hydrogen-bond donors (Lipinski definition) is 2. The Kier molecular flexibility index (Phi) is 4.97. The van der Waals surface area contributed by atoms with Gasteiger partial charge in [0.1, 0.15) is 4.64 Å². The zero-order valence-corrected chi connectivity index (χ0v) is 14.6. The predicted molar refractivity (Wildman–Crippen MR) is 98.2 cm³/mol. The van der Waals surface area contributed by atoms with Crippen molar-refractivity contribution in [3.8, 4) is 0 Å². The van der Waals surface area contributed by atoms with Crippen LogP contribution in [0.15, 0.2) is 42.6 Å². The Bertz CT molecular complexity index is 762. The molecule has 2 aromatic rings. The van der Waals surface area contributed by atoms with Crippen molar-refractivity contribution in [2.24, 2.45) is 0 Å². The minimum atomic E-state index is -0.210. The van der Waals surface area contributed by atoms with Crippen LogP contribution in [0.4, 0.5) is 11.4 Å². The molecule has 1 aliphatic rings. The summed E-state index contributed by atoms with van der Waals surface area (Å²) in [5.74, 6) is -0.210. The van der Waals surface area contributed by atoms with Crippen LogP contribution < -0.4 is 10.2 Å². The lowest BCUT2D eigenvalue weighted by atomic mass is 10.2. The van der Waals surface area contributed by atoms with E-state index in [0.717, 1.165) is 24.5 Å². The third-order valence-corrected chi connectivity index (χ3v) is 4.31. The molecule has 1 aromatic carbocycles. The number of carbonyl (C=O) groups excluding carboxylic acids is 1. The molecule has 1 amide bonds. The van der Waals surface area contributed by atoms with Crippen molar-refractivity contribution in [2.45, 2.75) is 26.1 Å². The lowest BCUT2D eigenvalue weighted by Crippen LogP contribution is -2.45. The van der Waals surface area contributed by atoms with Crippen molar-refractivity contribution in [3.63, 3.8) is 0 Å². The van der Waals surface area contributed by atoms with Crippen LogP contribution in [0, 0.1) is 4.64 Å². The van der Waals surface area contributed by atoms with Gasteiger partial charge in [-0.2, -0.15) is 0 Å². The second-order valence-electron chi connectivity index (χ2n) is 6.08. The maximum Gasteiger partial charge on any atom is 0.258 e. The number of morpholine rings is 1. The number of rotatable bonds is 3. The Balaban J connectivity index is 1.70. The maximum atomic E-state index is 12.3. The average molecular weight is 343 g/mol. The van der Waals surface area contributed by atoms with Crippen LogP contribution in [0.5, 0.6) is 0 Å². The van der Waals surface area contributed by atoms with Gasteiger partial charge in [0, 0.05) is 30.7 Å². The summed E-state index contributed by atoms with van der Waals surface area (Å²) in [4.78, 5) is 17.4. The quantitative estimate of drug-likeness (QED) is 0.836. The number of pyridine rings is 1. The summed E-state index contributed by atoms with van der Waals surface area (Å²) >= 11 is 5.14. The van der Waals surface area contributed by atoms with Gasteiger partial charge in [-0.05, 0) is 50.2 Å². The summed E-state index contributed by atoms with van der Waals surface area (Å²) < 4.78 is 6.20. The molecule has 0 saturated carbocycles. The number of benzene rings is 1. The predicted octanol–water partition coefficient (Wildman–Crippen LogP) is 3.61. The summed E-state index contributed by atoms with van der Waals surface area (Å²) in [5.41, 5.74) is 2.34. The fourth-order valence-electron chi connectivity index (χ4n) is 2.94. The molecule has 6 heteroatoms. The van der Waals surface area contributed by atoms with Crippen LogP contribution >= 0.6 is 12.2 Å². The maximum absolute atomic E-state index is 12.3. The van der Waals surface area contributed by atoms with E-state index >= 15 is 0 Å². The van der Waals surface area contributed by atoms with Gasteiger partial charge >= 0.3 is 0 Å². The average Bonchev–Trinajstić information content (AvgIpc) is 2.55. The van der Waals surface area contributed by atoms with E-state index < -0.39 is 0 Å². The molecule has 2 N–H and O–H groups in total. The van der Waals surface area contributed by atoms with Crippen LogP contribution in [0.1, 0.15) is 24.2 Å². The first-order valence-corrected chi connectivity index (χ1v) is 8.43. The van der Waals surface area contributed by atoms with Gasteiger partial charge in [-0.15, -0.1) is 0 Å². The van der Waals surface area contributed by atoms with Crippen molar-refractivity contribution in [1.29, 1.82) is 0 Å². The standard InChI is InChI=1S/C18H21N3O2S/c1-12-10-21(11-13(2)23-12)15-7-5-14(6-8-15)20-17(22)16-4-3-9-19-18(16)24/h3-9,12-13H,10-11H2,1-2H3,(H,19,24)(H,20,22)/t12-,13+. The van der Waals surface area contributed by atoms with E-state index in [-0.39, 0.29) is 18.1 Å². The number of aromatic nitrogens is 1. The van der Waals surface area contributed by atoms with E-state index in [4.69, 9.17) is 17.0 Å². The topological polar surface area (TPSA) is 57.4 Å². The van der Waals surface area contributed by atoms with Crippen molar-refractivity contribution in [2.75, 3.05) is 23.3 Å². The van der Waals surface area contributed by atoms with Crippen molar-refractivity contribution >= 4 is 29.5 Å². The highest BCUT2D eigenvalue weighted by Crippen LogP contribution is 2.22. The Morgan fingerprint density at radius 2 is 1.88 bits per heavy atom. The van der Waals surface area contributed by atoms with Crippen molar-refractivity contribution in [1.82, 2.24) is 4.98 Å². The molecule has 5 nitrogen and oxygen atoms in total. The molecule has 1 aromatic heterocycles. The van der Waals surface area contributed by atoms with Crippen LogP contribution in [0.2, 0.25) is 0 Å². The normalized spacial score (nSPS) is 20.7. The van der Waals surface area contributed by atoms with E-state index in [1.165, 1.54) is 0 Å². The first-order chi connectivity index (χ1) is 11.5. The SMILES string of the molecule is C[C@@H]1CN(c2ccc(NC(=O)c3ccc[nH]c3=S)cc2)C[C@H](C)O1. The molecule has 0 radical (unpaired) electrons. The van der Waals surface area contributed by atoms with Gasteiger partial charge in [0.05, 0.1) is 17.8 Å².